The number of hydrogen-bond donors (Lipinski definition) is 3. The highest BCUT2D eigenvalue weighted by Crippen LogP contribution is 2.38. The molecule has 2 bridgehead atoms. The minimum atomic E-state index is -2.46. The van der Waals surface area contributed by atoms with Gasteiger partial charge in [0.25, 0.3) is 11.7 Å². The standard InChI is InChI=1S/C58H93NO15/c1-37-19-12-11-13-20-38(2)49(72-29-17-16-28-68-8)35-45-24-22-43(7)58(67,74-45)55(64)56(65)59-26-15-14-21-46(59)57(66)73-50(40(4)33-44-23-25-48(51(34-44)69-9)71-30-18-27-60)36-47(61)39(3)32-42(6)53(63)54(70-10)52(62)41(5)31-37/h11-13,19-20,32,37,39-41,43-46,48-51,53-54,60,63,67H,14-18,21-31,33-36H2,1-10H3/b13-11+,19-12+,38-20+,42-32+/t37-,39-,40-,41-,43-,44+,45+,46+,48-,49?,50+,51-,53-,54+,58-/m1/s1. The summed E-state index contributed by atoms with van der Waals surface area (Å²) in [6.07, 6.45) is 14.2. The van der Waals surface area contributed by atoms with Crippen molar-refractivity contribution in [3.05, 3.63) is 47.6 Å². The van der Waals surface area contributed by atoms with Gasteiger partial charge in [-0.3, -0.25) is 19.2 Å². The molecule has 1 aliphatic carbocycles. The van der Waals surface area contributed by atoms with Crippen LogP contribution in [-0.2, 0) is 57.1 Å². The van der Waals surface area contributed by atoms with Gasteiger partial charge in [0.1, 0.15) is 30.1 Å². The van der Waals surface area contributed by atoms with Gasteiger partial charge in [-0.1, -0.05) is 71.1 Å². The molecule has 3 N–H and O–H groups in total. The van der Waals surface area contributed by atoms with Crippen LogP contribution < -0.4 is 0 Å². The van der Waals surface area contributed by atoms with Crippen LogP contribution in [0.4, 0.5) is 0 Å². The Morgan fingerprint density at radius 2 is 1.54 bits per heavy atom. The van der Waals surface area contributed by atoms with Crippen LogP contribution in [0.5, 0.6) is 0 Å². The molecule has 3 fully saturated rings. The maximum atomic E-state index is 14.6. The van der Waals surface area contributed by atoms with Crippen LogP contribution in [0, 0.1) is 35.5 Å². The van der Waals surface area contributed by atoms with Crippen LogP contribution in [-0.4, -0.2) is 158 Å². The molecule has 3 aliphatic heterocycles. The first-order chi connectivity index (χ1) is 35.3. The number of ketones is 3. The summed E-state index contributed by atoms with van der Waals surface area (Å²) < 4.78 is 41.8. The molecule has 1 amide bonds. The van der Waals surface area contributed by atoms with Gasteiger partial charge >= 0.3 is 5.97 Å². The van der Waals surface area contributed by atoms with Crippen molar-refractivity contribution in [3.63, 3.8) is 0 Å². The Balaban J connectivity index is 1.71. The zero-order valence-electron chi connectivity index (χ0n) is 46.4. The molecule has 2 saturated heterocycles. The van der Waals surface area contributed by atoms with E-state index in [1.165, 1.54) is 12.0 Å². The summed E-state index contributed by atoms with van der Waals surface area (Å²) in [5.74, 6) is -8.01. The number of nitrogens with zero attached hydrogens (tertiary/aromatic N) is 1. The van der Waals surface area contributed by atoms with Gasteiger partial charge in [0.05, 0.1) is 24.4 Å². The first kappa shape index (κ1) is 63.1. The van der Waals surface area contributed by atoms with E-state index in [0.717, 1.165) is 31.3 Å². The maximum Gasteiger partial charge on any atom is 0.329 e. The molecule has 420 valence electrons. The van der Waals surface area contributed by atoms with Gasteiger partial charge in [-0.15, -0.1) is 0 Å². The Morgan fingerprint density at radius 3 is 2.24 bits per heavy atom. The van der Waals surface area contributed by atoms with Crippen LogP contribution in [0.3, 0.4) is 0 Å². The molecule has 16 heteroatoms. The van der Waals surface area contributed by atoms with Crippen molar-refractivity contribution in [3.8, 4) is 0 Å². The lowest BCUT2D eigenvalue weighted by Crippen LogP contribution is -2.61. The van der Waals surface area contributed by atoms with E-state index >= 15 is 0 Å². The fraction of sp³-hybridized carbons (Fsp3) is 0.776. The Morgan fingerprint density at radius 1 is 0.811 bits per heavy atom. The number of fused-ring (bicyclic) bond motifs is 3. The highest BCUT2D eigenvalue weighted by molar-refractivity contribution is 6.39. The number of piperidine rings is 1. The third-order valence-corrected chi connectivity index (χ3v) is 15.9. The molecule has 0 aromatic carbocycles. The van der Waals surface area contributed by atoms with Gasteiger partial charge in [0.15, 0.2) is 5.78 Å². The summed E-state index contributed by atoms with van der Waals surface area (Å²) in [6, 6.07) is -1.15. The number of aliphatic hydroxyl groups excluding tert-OH is 2. The number of esters is 1. The zero-order chi connectivity index (χ0) is 54.5. The average molecular weight is 1040 g/mol. The smallest absolute Gasteiger partial charge is 0.329 e. The summed E-state index contributed by atoms with van der Waals surface area (Å²) in [4.78, 5) is 72.9. The van der Waals surface area contributed by atoms with E-state index in [-0.39, 0.29) is 67.5 Å². The number of allylic oxidation sites excluding steroid dienone is 6. The molecule has 15 atom stereocenters. The predicted molar refractivity (Wildman–Crippen MR) is 281 cm³/mol. The number of cyclic esters (lactones) is 1. The first-order valence-electron chi connectivity index (χ1n) is 27.6. The molecule has 4 rings (SSSR count). The van der Waals surface area contributed by atoms with E-state index in [1.54, 1.807) is 41.1 Å². The van der Waals surface area contributed by atoms with Crippen molar-refractivity contribution >= 4 is 29.2 Å². The van der Waals surface area contributed by atoms with Crippen molar-refractivity contribution in [2.45, 2.75) is 199 Å². The van der Waals surface area contributed by atoms with Crippen molar-refractivity contribution in [2.75, 3.05) is 54.3 Å². The molecule has 1 saturated carbocycles. The van der Waals surface area contributed by atoms with E-state index in [0.29, 0.717) is 83.2 Å². The maximum absolute atomic E-state index is 14.6. The van der Waals surface area contributed by atoms with E-state index in [2.05, 4.69) is 0 Å². The zero-order valence-corrected chi connectivity index (χ0v) is 46.4. The molecular formula is C58H93NO15. The van der Waals surface area contributed by atoms with Crippen molar-refractivity contribution in [2.24, 2.45) is 35.5 Å². The van der Waals surface area contributed by atoms with Gasteiger partial charge in [-0.25, -0.2) is 4.79 Å². The number of carbonyl (C=O) groups excluding carboxylic acids is 5. The summed E-state index contributed by atoms with van der Waals surface area (Å²) >= 11 is 0. The number of hydrogen-bond acceptors (Lipinski definition) is 15. The lowest BCUT2D eigenvalue weighted by Gasteiger charge is -2.43. The number of rotatable bonds is 15. The predicted octanol–water partition coefficient (Wildman–Crippen LogP) is 7.38. The van der Waals surface area contributed by atoms with Crippen LogP contribution in [0.25, 0.3) is 0 Å². The van der Waals surface area contributed by atoms with E-state index in [9.17, 15) is 39.3 Å². The monoisotopic (exact) mass is 1040 g/mol. The summed E-state index contributed by atoms with van der Waals surface area (Å²) in [6.45, 7) is 14.3. The number of Topliss-reactive ketones (excluding diaryl/α,β-unsaturated/α-hetero) is 3. The molecule has 1 unspecified atom stereocenters. The van der Waals surface area contributed by atoms with Gasteiger partial charge in [-0.2, -0.15) is 0 Å². The second-order valence-electron chi connectivity index (χ2n) is 21.8. The van der Waals surface area contributed by atoms with Gasteiger partial charge < -0.3 is 53.4 Å². The molecule has 0 spiro atoms. The molecule has 0 radical (unpaired) electrons. The Labute approximate surface area is 442 Å². The first-order valence-corrected chi connectivity index (χ1v) is 27.6. The van der Waals surface area contributed by atoms with Gasteiger partial charge in [-0.05, 0) is 126 Å². The van der Waals surface area contributed by atoms with Crippen molar-refractivity contribution < 1.29 is 72.5 Å². The molecule has 3 heterocycles. The van der Waals surface area contributed by atoms with E-state index in [4.69, 9.17) is 33.2 Å². The number of aliphatic hydroxyl groups is 3. The number of methoxy groups -OCH3 is 3. The fourth-order valence-corrected chi connectivity index (χ4v) is 11.1. The molecular weight excluding hydrogens is 951 g/mol. The molecule has 0 aromatic heterocycles. The third kappa shape index (κ3) is 18.4. The lowest BCUT2D eigenvalue weighted by atomic mass is 9.78. The Kier molecular flexibility index (Phi) is 27.0. The number of unbranched alkanes of at least 4 members (excludes halogenated alkanes) is 1. The summed E-state index contributed by atoms with van der Waals surface area (Å²) in [7, 11) is 4.69. The fourth-order valence-electron chi connectivity index (χ4n) is 11.1. The number of amides is 1. The van der Waals surface area contributed by atoms with Crippen LogP contribution in [0.15, 0.2) is 47.6 Å². The Hall–Kier alpha value is -3.45. The lowest BCUT2D eigenvalue weighted by molar-refractivity contribution is -0.266. The van der Waals surface area contributed by atoms with Crippen LogP contribution in [0.2, 0.25) is 0 Å². The molecule has 74 heavy (non-hydrogen) atoms. The van der Waals surface area contributed by atoms with Crippen LogP contribution in [0.1, 0.15) is 145 Å². The molecule has 4 aliphatic rings. The van der Waals surface area contributed by atoms with Crippen LogP contribution >= 0.6 is 0 Å². The Bertz CT molecular complexity index is 1910. The van der Waals surface area contributed by atoms with Crippen molar-refractivity contribution in [1.82, 2.24) is 4.90 Å². The number of ether oxygens (including phenoxy) is 7. The van der Waals surface area contributed by atoms with E-state index in [1.807, 2.05) is 58.1 Å². The normalized spacial score (nSPS) is 37.0. The molecule has 16 nitrogen and oxygen atoms in total. The van der Waals surface area contributed by atoms with Crippen molar-refractivity contribution in [1.29, 1.82) is 0 Å². The topological polar surface area (TPSA) is 214 Å². The average Bonchev–Trinajstić information content (AvgIpc) is 3.38. The van der Waals surface area contributed by atoms with E-state index < -0.39 is 77.8 Å². The van der Waals surface area contributed by atoms with Gasteiger partial charge in [0, 0.05) is 84.9 Å². The highest BCUT2D eigenvalue weighted by atomic mass is 16.6. The molecule has 0 aromatic rings. The highest BCUT2D eigenvalue weighted by Gasteiger charge is 2.53. The SMILES string of the molecule is COCCCCOC1C[C@@H]2CC[C@@H](C)[C@@](O)(O2)C(=O)C(=O)N2CCCC[C@H]2C(=O)O[C@H]([C@H](C)C[C@@H]2CC[C@@H](OCCCO)[C@H](OC)C2)CC(=O)[C@H](C)/C=C(\C)[C@@H](O)[C@@H](OC)C(=O)[C@H](C)C[C@H](C)/C=C/C=C/C=C/1C. The largest absolute Gasteiger partial charge is 0.460 e. The third-order valence-electron chi connectivity index (χ3n) is 15.9. The summed E-state index contributed by atoms with van der Waals surface area (Å²) in [5.41, 5.74) is 1.28. The quantitative estimate of drug-likeness (QED) is 0.0632. The minimum Gasteiger partial charge on any atom is -0.460 e. The summed E-state index contributed by atoms with van der Waals surface area (Å²) in [5, 5.41) is 33.0. The minimum absolute atomic E-state index is 0.00374. The van der Waals surface area contributed by atoms with Gasteiger partial charge in [0.2, 0.25) is 5.79 Å². The second-order valence-corrected chi connectivity index (χ2v) is 21.8. The second kappa shape index (κ2) is 31.7. The number of carbonyl (C=O) groups is 5.